The number of aromatic nitrogens is 1. The van der Waals surface area contributed by atoms with E-state index in [1.165, 1.54) is 0 Å². The molecule has 1 aliphatic heterocycles. The highest BCUT2D eigenvalue weighted by molar-refractivity contribution is 5.98. The second-order valence-corrected chi connectivity index (χ2v) is 8.20. The van der Waals surface area contributed by atoms with E-state index in [4.69, 9.17) is 20.2 Å². The summed E-state index contributed by atoms with van der Waals surface area (Å²) in [7, 11) is 1.55. The normalized spacial score (nSPS) is 17.5. The van der Waals surface area contributed by atoms with Gasteiger partial charge in [-0.05, 0) is 57.2 Å². The number of amides is 1. The van der Waals surface area contributed by atoms with Crippen LogP contribution in [-0.4, -0.2) is 24.6 Å². The number of benzene rings is 1. The number of nitriles is 1. The Balaban J connectivity index is 1.98. The van der Waals surface area contributed by atoms with E-state index in [1.54, 1.807) is 19.2 Å². The number of carbonyl (C=O) groups is 1. The minimum absolute atomic E-state index is 0.428. The number of nitrogens with two attached hydrogens (primary N) is 1. The van der Waals surface area contributed by atoms with Crippen molar-refractivity contribution in [2.24, 2.45) is 11.7 Å². The molecule has 1 saturated carbocycles. The fraction of sp³-hybridized carbons (Fsp3) is 0.375. The molecule has 1 atom stereocenters. The lowest BCUT2D eigenvalue weighted by Gasteiger charge is -2.33. The molecule has 3 N–H and O–H groups in total. The SMILES string of the molecule is COc1cc(C#N)ccc1[C@H]1C(C(N)=O)=C(C)Nc2c(C)c(C)nc(OCC3CC3)c21. The predicted molar refractivity (Wildman–Crippen MR) is 117 cm³/mol. The fourth-order valence-corrected chi connectivity index (χ4v) is 4.08. The van der Waals surface area contributed by atoms with E-state index in [0.29, 0.717) is 41.0 Å². The van der Waals surface area contributed by atoms with Gasteiger partial charge in [0, 0.05) is 22.5 Å². The predicted octanol–water partition coefficient (Wildman–Crippen LogP) is 3.68. The third-order valence-electron chi connectivity index (χ3n) is 6.07. The molecule has 1 aromatic heterocycles. The molecule has 0 spiro atoms. The Kier molecular flexibility index (Phi) is 5.32. The van der Waals surface area contributed by atoms with Gasteiger partial charge >= 0.3 is 0 Å². The number of hydrogen-bond donors (Lipinski definition) is 2. The first-order valence-electron chi connectivity index (χ1n) is 10.3. The van der Waals surface area contributed by atoms with Crippen LogP contribution in [-0.2, 0) is 4.79 Å². The summed E-state index contributed by atoms with van der Waals surface area (Å²) in [5.41, 5.74) is 11.6. The largest absolute Gasteiger partial charge is 0.496 e. The zero-order chi connectivity index (χ0) is 22.3. The average molecular weight is 418 g/mol. The molecule has 0 saturated heterocycles. The number of ether oxygens (including phenoxy) is 2. The quantitative estimate of drug-likeness (QED) is 0.740. The number of fused-ring (bicyclic) bond motifs is 1. The average Bonchev–Trinajstić information content (AvgIpc) is 3.58. The van der Waals surface area contributed by atoms with Crippen molar-refractivity contribution in [3.63, 3.8) is 0 Å². The molecule has 0 unspecified atom stereocenters. The van der Waals surface area contributed by atoms with Gasteiger partial charge in [-0.3, -0.25) is 4.79 Å². The van der Waals surface area contributed by atoms with Crippen molar-refractivity contribution in [1.29, 1.82) is 5.26 Å². The zero-order valence-electron chi connectivity index (χ0n) is 18.2. The van der Waals surface area contributed by atoms with Crippen molar-refractivity contribution in [1.82, 2.24) is 4.98 Å². The van der Waals surface area contributed by atoms with Gasteiger partial charge < -0.3 is 20.5 Å². The molecule has 160 valence electrons. The Morgan fingerprint density at radius 3 is 2.68 bits per heavy atom. The maximum atomic E-state index is 12.6. The van der Waals surface area contributed by atoms with Crippen molar-refractivity contribution in [2.75, 3.05) is 19.0 Å². The van der Waals surface area contributed by atoms with Crippen LogP contribution >= 0.6 is 0 Å². The summed E-state index contributed by atoms with van der Waals surface area (Å²) in [5.74, 6) is 0.497. The molecule has 1 fully saturated rings. The molecule has 2 aliphatic rings. The number of nitrogens with zero attached hydrogens (tertiary/aromatic N) is 2. The van der Waals surface area contributed by atoms with Gasteiger partial charge in [-0.2, -0.15) is 5.26 Å². The smallest absolute Gasteiger partial charge is 0.247 e. The van der Waals surface area contributed by atoms with Crippen LogP contribution < -0.4 is 20.5 Å². The first-order chi connectivity index (χ1) is 14.8. The van der Waals surface area contributed by atoms with Crippen LogP contribution in [0.1, 0.15) is 53.6 Å². The van der Waals surface area contributed by atoms with E-state index >= 15 is 0 Å². The number of pyridine rings is 1. The number of allylic oxidation sites excluding steroid dienone is 1. The lowest BCUT2D eigenvalue weighted by atomic mass is 9.79. The van der Waals surface area contributed by atoms with Crippen molar-refractivity contribution >= 4 is 11.6 Å². The van der Waals surface area contributed by atoms with Gasteiger partial charge in [0.2, 0.25) is 11.8 Å². The number of carbonyl (C=O) groups excluding carboxylic acids is 1. The van der Waals surface area contributed by atoms with Gasteiger partial charge in [-0.15, -0.1) is 0 Å². The van der Waals surface area contributed by atoms with Gasteiger partial charge in [-0.1, -0.05) is 6.07 Å². The van der Waals surface area contributed by atoms with Crippen molar-refractivity contribution in [2.45, 2.75) is 39.5 Å². The van der Waals surface area contributed by atoms with Gasteiger partial charge in [0.15, 0.2) is 0 Å². The number of rotatable bonds is 6. The molecule has 2 aromatic rings. The first kappa shape index (κ1) is 20.7. The Morgan fingerprint density at radius 2 is 2.06 bits per heavy atom. The third-order valence-corrected chi connectivity index (χ3v) is 6.07. The summed E-state index contributed by atoms with van der Waals surface area (Å²) in [4.78, 5) is 17.3. The van der Waals surface area contributed by atoms with E-state index in [-0.39, 0.29) is 0 Å². The van der Waals surface area contributed by atoms with Gasteiger partial charge in [0.05, 0.1) is 42.5 Å². The van der Waals surface area contributed by atoms with Gasteiger partial charge in [0.1, 0.15) is 5.75 Å². The molecule has 0 radical (unpaired) electrons. The molecular formula is C24H26N4O3. The standard InChI is InChI=1S/C24H26N4O3/c1-12-13(2)28-24(31-11-15-5-6-15)21-20(19(23(26)29)14(3)27-22(12)21)17-8-7-16(10-25)9-18(17)30-4/h7-9,15,20,27H,5-6,11H2,1-4H3,(H2,26,29)/t20-/m0/s1. The van der Waals surface area contributed by atoms with Crippen LogP contribution in [0.4, 0.5) is 5.69 Å². The molecule has 1 aliphatic carbocycles. The summed E-state index contributed by atoms with van der Waals surface area (Å²) < 4.78 is 11.8. The molecule has 4 rings (SSSR count). The molecule has 31 heavy (non-hydrogen) atoms. The zero-order valence-corrected chi connectivity index (χ0v) is 18.2. The summed E-state index contributed by atoms with van der Waals surface area (Å²) in [6, 6.07) is 7.33. The Hall–Kier alpha value is -3.53. The summed E-state index contributed by atoms with van der Waals surface area (Å²) in [5, 5.41) is 12.7. The first-order valence-corrected chi connectivity index (χ1v) is 10.3. The van der Waals surface area contributed by atoms with E-state index in [0.717, 1.165) is 40.9 Å². The number of nitrogens with one attached hydrogen (secondary N) is 1. The van der Waals surface area contributed by atoms with E-state index < -0.39 is 11.8 Å². The second kappa shape index (κ2) is 7.95. The van der Waals surface area contributed by atoms with Gasteiger partial charge in [0.25, 0.3) is 0 Å². The molecule has 7 heteroatoms. The highest BCUT2D eigenvalue weighted by Gasteiger charge is 2.38. The summed E-state index contributed by atoms with van der Waals surface area (Å²) >= 11 is 0. The van der Waals surface area contributed by atoms with E-state index in [1.807, 2.05) is 26.8 Å². The number of primary amides is 1. The van der Waals surface area contributed by atoms with E-state index in [9.17, 15) is 10.1 Å². The van der Waals surface area contributed by atoms with Crippen molar-refractivity contribution in [3.05, 3.63) is 57.4 Å². The summed E-state index contributed by atoms with van der Waals surface area (Å²) in [6.07, 6.45) is 2.31. The summed E-state index contributed by atoms with van der Waals surface area (Å²) in [6.45, 7) is 6.37. The maximum Gasteiger partial charge on any atom is 0.247 e. The Morgan fingerprint density at radius 1 is 1.32 bits per heavy atom. The Labute approximate surface area is 181 Å². The van der Waals surface area contributed by atoms with Crippen LogP contribution in [0.2, 0.25) is 0 Å². The minimum Gasteiger partial charge on any atom is -0.496 e. The molecule has 1 aromatic carbocycles. The number of anilines is 1. The van der Waals surface area contributed by atoms with E-state index in [2.05, 4.69) is 11.4 Å². The maximum absolute atomic E-state index is 12.6. The monoisotopic (exact) mass is 418 g/mol. The second-order valence-electron chi connectivity index (χ2n) is 8.20. The lowest BCUT2D eigenvalue weighted by Crippen LogP contribution is -2.29. The minimum atomic E-state index is -0.530. The van der Waals surface area contributed by atoms with Crippen molar-refractivity contribution in [3.8, 4) is 17.7 Å². The molecule has 1 amide bonds. The van der Waals surface area contributed by atoms with Crippen molar-refractivity contribution < 1.29 is 14.3 Å². The molecule has 7 nitrogen and oxygen atoms in total. The van der Waals surface area contributed by atoms with Crippen LogP contribution in [0.25, 0.3) is 0 Å². The van der Waals surface area contributed by atoms with Crippen LogP contribution in [0, 0.1) is 31.1 Å². The fourth-order valence-electron chi connectivity index (χ4n) is 4.08. The van der Waals surface area contributed by atoms with Crippen LogP contribution in [0.3, 0.4) is 0 Å². The number of aryl methyl sites for hydroxylation is 1. The molecular weight excluding hydrogens is 392 g/mol. The van der Waals surface area contributed by atoms with Crippen LogP contribution in [0.5, 0.6) is 11.6 Å². The van der Waals surface area contributed by atoms with Gasteiger partial charge in [-0.25, -0.2) is 4.98 Å². The molecule has 0 bridgehead atoms. The highest BCUT2D eigenvalue weighted by atomic mass is 16.5. The molecule has 2 heterocycles. The highest BCUT2D eigenvalue weighted by Crippen LogP contribution is 2.49. The lowest BCUT2D eigenvalue weighted by molar-refractivity contribution is -0.114. The third kappa shape index (κ3) is 3.70. The number of methoxy groups -OCH3 is 1. The Bertz CT molecular complexity index is 1140. The number of hydrogen-bond acceptors (Lipinski definition) is 6. The topological polar surface area (TPSA) is 110 Å². The van der Waals surface area contributed by atoms with Crippen LogP contribution in [0.15, 0.2) is 29.5 Å².